The van der Waals surface area contributed by atoms with E-state index in [4.69, 9.17) is 4.74 Å². The van der Waals surface area contributed by atoms with Crippen LogP contribution in [0.25, 0.3) is 0 Å². The summed E-state index contributed by atoms with van der Waals surface area (Å²) in [5.41, 5.74) is 3.76. The average Bonchev–Trinajstić information content (AvgIpc) is 3.61. The van der Waals surface area contributed by atoms with Crippen LogP contribution in [0.2, 0.25) is 0 Å². The normalized spacial score (nSPS) is 17.6. The van der Waals surface area contributed by atoms with Crippen molar-refractivity contribution in [3.63, 3.8) is 0 Å². The number of nitrogens with zero attached hydrogens (tertiary/aromatic N) is 2. The zero-order chi connectivity index (χ0) is 39.9. The second-order valence-electron chi connectivity index (χ2n) is 14.6. The minimum atomic E-state index is -4.16. The van der Waals surface area contributed by atoms with Crippen LogP contribution in [-0.4, -0.2) is 48.0 Å². The second-order valence-corrected chi connectivity index (χ2v) is 18.0. The average molecular weight is 807 g/mol. The predicted octanol–water partition coefficient (Wildman–Crippen LogP) is 10.2. The van der Waals surface area contributed by atoms with Crippen LogP contribution in [0.1, 0.15) is 46.2 Å². The Labute approximate surface area is 338 Å². The van der Waals surface area contributed by atoms with E-state index >= 15 is 8.42 Å². The zero-order valence-corrected chi connectivity index (χ0v) is 33.3. The van der Waals surface area contributed by atoms with Crippen LogP contribution in [-0.2, 0) is 39.3 Å². The first-order chi connectivity index (χ1) is 27.6. The number of rotatable bonds is 16. The maximum atomic E-state index is 15.1. The number of ether oxygens (including phenoxy) is 1. The highest BCUT2D eigenvalue weighted by Gasteiger charge is 2.54. The molecule has 294 valence electrons. The number of thioether (sulfide) groups is 1. The molecule has 1 heterocycles. The lowest BCUT2D eigenvalue weighted by molar-refractivity contribution is 0.0296. The van der Waals surface area contributed by atoms with Gasteiger partial charge in [0, 0.05) is 37.0 Å². The lowest BCUT2D eigenvalue weighted by Crippen LogP contribution is -2.54. The van der Waals surface area contributed by atoms with Gasteiger partial charge in [-0.3, -0.25) is 0 Å². The molecule has 6 aromatic carbocycles. The lowest BCUT2D eigenvalue weighted by atomic mass is 9.84. The van der Waals surface area contributed by atoms with Crippen LogP contribution in [0.3, 0.4) is 0 Å². The molecule has 57 heavy (non-hydrogen) atoms. The molecule has 1 fully saturated rings. The van der Waals surface area contributed by atoms with Gasteiger partial charge < -0.3 is 4.74 Å². The van der Waals surface area contributed by atoms with Gasteiger partial charge in [-0.05, 0) is 53.1 Å². The Morgan fingerprint density at radius 2 is 1.18 bits per heavy atom. The van der Waals surface area contributed by atoms with Crippen molar-refractivity contribution in [1.82, 2.24) is 8.61 Å². The minimum absolute atomic E-state index is 0.108. The number of aryl methyl sites for hydroxylation is 1. The summed E-state index contributed by atoms with van der Waals surface area (Å²) in [5.74, 6) is -3.40. The quantitative estimate of drug-likeness (QED) is 0.0722. The van der Waals surface area contributed by atoms with Gasteiger partial charge in [-0.2, -0.15) is 17.0 Å². The highest BCUT2D eigenvalue weighted by atomic mass is 32.2. The Hall–Kier alpha value is -4.71. The molecule has 0 spiro atoms. The number of benzene rings is 6. The van der Waals surface area contributed by atoms with Crippen LogP contribution in [0.15, 0.2) is 164 Å². The first-order valence-corrected chi connectivity index (χ1v) is 21.3. The SMILES string of the molecule is CN(Cc1ccccc1)S(=O)(=O)N1C[C@H](SC(c2ccccc2)(c2ccccc2)c2ccccc2)C[C@@]1(CCc1ccccc1)COCc1cc(F)c(F)cc1F. The third kappa shape index (κ3) is 8.91. The Morgan fingerprint density at radius 3 is 1.70 bits per heavy atom. The largest absolute Gasteiger partial charge is 0.375 e. The molecule has 7 rings (SSSR count). The molecule has 2 atom stereocenters. The Bertz CT molecular complexity index is 2230. The second kappa shape index (κ2) is 17.8. The summed E-state index contributed by atoms with van der Waals surface area (Å²) in [4.78, 5) is 0. The molecule has 1 aliphatic heterocycles. The smallest absolute Gasteiger partial charge is 0.282 e. The van der Waals surface area contributed by atoms with Crippen molar-refractivity contribution in [3.8, 4) is 0 Å². The maximum Gasteiger partial charge on any atom is 0.282 e. The first kappa shape index (κ1) is 40.5. The van der Waals surface area contributed by atoms with E-state index in [9.17, 15) is 13.2 Å². The van der Waals surface area contributed by atoms with E-state index in [0.29, 0.717) is 25.3 Å². The van der Waals surface area contributed by atoms with Gasteiger partial charge in [0.1, 0.15) is 5.82 Å². The molecule has 5 nitrogen and oxygen atoms in total. The van der Waals surface area contributed by atoms with Gasteiger partial charge in [-0.25, -0.2) is 13.2 Å². The molecule has 10 heteroatoms. The van der Waals surface area contributed by atoms with Gasteiger partial charge in [-0.15, -0.1) is 11.8 Å². The van der Waals surface area contributed by atoms with Crippen LogP contribution >= 0.6 is 11.8 Å². The number of hydrogen-bond donors (Lipinski definition) is 0. The predicted molar refractivity (Wildman–Crippen MR) is 222 cm³/mol. The maximum absolute atomic E-state index is 15.1. The summed E-state index contributed by atoms with van der Waals surface area (Å²) in [7, 11) is -2.57. The van der Waals surface area contributed by atoms with Gasteiger partial charge in [0.25, 0.3) is 10.2 Å². The van der Waals surface area contributed by atoms with Crippen molar-refractivity contribution < 1.29 is 26.3 Å². The van der Waals surface area contributed by atoms with Crippen molar-refractivity contribution >= 4 is 22.0 Å². The monoisotopic (exact) mass is 806 g/mol. The molecule has 0 bridgehead atoms. The molecule has 0 aromatic heterocycles. The van der Waals surface area contributed by atoms with Gasteiger partial charge in [0.2, 0.25) is 0 Å². The molecular formula is C47H45F3N2O3S2. The van der Waals surface area contributed by atoms with Gasteiger partial charge in [0.05, 0.1) is 23.5 Å². The van der Waals surface area contributed by atoms with E-state index in [1.54, 1.807) is 23.1 Å². The molecule has 0 amide bonds. The van der Waals surface area contributed by atoms with Gasteiger partial charge in [-0.1, -0.05) is 152 Å². The Kier molecular flexibility index (Phi) is 12.7. The molecular weight excluding hydrogens is 762 g/mol. The van der Waals surface area contributed by atoms with Crippen LogP contribution < -0.4 is 0 Å². The van der Waals surface area contributed by atoms with E-state index in [0.717, 1.165) is 33.9 Å². The summed E-state index contributed by atoms with van der Waals surface area (Å²) in [6, 6.07) is 51.4. The first-order valence-electron chi connectivity index (χ1n) is 19.0. The third-order valence-electron chi connectivity index (χ3n) is 10.8. The molecule has 0 aliphatic carbocycles. The Balaban J connectivity index is 1.33. The van der Waals surface area contributed by atoms with Crippen molar-refractivity contribution in [2.45, 2.75) is 47.9 Å². The van der Waals surface area contributed by atoms with E-state index < -0.39 is 37.9 Å². The third-order valence-corrected chi connectivity index (χ3v) is 14.5. The molecule has 0 unspecified atom stereocenters. The van der Waals surface area contributed by atoms with E-state index in [1.165, 1.54) is 4.31 Å². The fourth-order valence-corrected chi connectivity index (χ4v) is 11.7. The van der Waals surface area contributed by atoms with Gasteiger partial charge >= 0.3 is 0 Å². The fourth-order valence-electron chi connectivity index (χ4n) is 7.93. The highest BCUT2D eigenvalue weighted by molar-refractivity contribution is 8.01. The summed E-state index contributed by atoms with van der Waals surface area (Å²) < 4.78 is 81.8. The molecule has 0 saturated carbocycles. The highest BCUT2D eigenvalue weighted by Crippen LogP contribution is 2.54. The van der Waals surface area contributed by atoms with Crippen LogP contribution in [0.4, 0.5) is 13.2 Å². The Morgan fingerprint density at radius 1 is 0.702 bits per heavy atom. The zero-order valence-electron chi connectivity index (χ0n) is 31.7. The van der Waals surface area contributed by atoms with Crippen molar-refractivity contribution in [1.29, 1.82) is 0 Å². The lowest BCUT2D eigenvalue weighted by Gasteiger charge is -2.39. The molecule has 1 aliphatic rings. The molecule has 0 radical (unpaired) electrons. The topological polar surface area (TPSA) is 49.9 Å². The standard InChI is InChI=1S/C47H45F3N2O3S2/c1-51(32-37-19-9-3-10-20-37)57(53,54)52-33-42(56-47(39-21-11-4-12-22-39,40-23-13-5-14-24-40)41-25-15-6-16-26-41)31-46(52,28-27-36-17-7-2-8-18-36)35-55-34-38-29-44(49)45(50)30-43(38)48/h2-26,29-30,42H,27-28,31-35H2,1H3/t42-,46+/m1/s1. The minimum Gasteiger partial charge on any atom is -0.375 e. The van der Waals surface area contributed by atoms with Crippen molar-refractivity contribution in [3.05, 3.63) is 215 Å². The number of hydrogen-bond acceptors (Lipinski definition) is 4. The van der Waals surface area contributed by atoms with Crippen molar-refractivity contribution in [2.75, 3.05) is 20.2 Å². The van der Waals surface area contributed by atoms with E-state index in [2.05, 4.69) is 36.4 Å². The van der Waals surface area contributed by atoms with E-state index in [1.807, 2.05) is 115 Å². The van der Waals surface area contributed by atoms with Crippen LogP contribution in [0.5, 0.6) is 0 Å². The summed E-state index contributed by atoms with van der Waals surface area (Å²) >= 11 is 1.72. The van der Waals surface area contributed by atoms with Crippen molar-refractivity contribution in [2.24, 2.45) is 0 Å². The summed E-state index contributed by atoms with van der Waals surface area (Å²) in [6.07, 6.45) is 1.33. The van der Waals surface area contributed by atoms with Gasteiger partial charge in [0.15, 0.2) is 11.6 Å². The number of halogens is 3. The summed E-state index contributed by atoms with van der Waals surface area (Å²) in [5, 5.41) is -0.259. The van der Waals surface area contributed by atoms with E-state index in [-0.39, 0.29) is 37.1 Å². The summed E-state index contributed by atoms with van der Waals surface area (Å²) in [6.45, 7) is -0.167. The fraction of sp³-hybridized carbons (Fsp3) is 0.234. The molecule has 6 aromatic rings. The molecule has 0 N–H and O–H groups in total. The van der Waals surface area contributed by atoms with Crippen LogP contribution in [0, 0.1) is 17.5 Å². The molecule has 1 saturated heterocycles.